The van der Waals surface area contributed by atoms with Gasteiger partial charge in [0.2, 0.25) is 0 Å². The third kappa shape index (κ3) is 2.64. The maximum atomic E-state index is 14.3. The van der Waals surface area contributed by atoms with E-state index in [0.29, 0.717) is 0 Å². The Morgan fingerprint density at radius 2 is 2.22 bits per heavy atom. The van der Waals surface area contributed by atoms with Gasteiger partial charge in [0.05, 0.1) is 18.0 Å². The van der Waals surface area contributed by atoms with Crippen LogP contribution in [0.25, 0.3) is 11.6 Å². The Morgan fingerprint density at radius 1 is 1.33 bits per heavy atom. The van der Waals surface area contributed by atoms with Crippen molar-refractivity contribution < 1.29 is 9.50 Å². The second-order valence-corrected chi connectivity index (χ2v) is 7.36. The van der Waals surface area contributed by atoms with E-state index in [0.717, 1.165) is 58.8 Å². The van der Waals surface area contributed by atoms with E-state index in [1.807, 2.05) is 19.2 Å². The zero-order chi connectivity index (χ0) is 18.5. The number of rotatable bonds is 2. The fourth-order valence-electron chi connectivity index (χ4n) is 4.28. The van der Waals surface area contributed by atoms with Gasteiger partial charge >= 0.3 is 0 Å². The molecule has 138 valence electrons. The molecule has 1 atom stereocenters. The third-order valence-corrected chi connectivity index (χ3v) is 5.50. The molecule has 0 aromatic heterocycles. The lowest BCUT2D eigenvalue weighted by Crippen LogP contribution is -2.36. The number of aliphatic hydroxyl groups excluding tert-OH is 1. The van der Waals surface area contributed by atoms with Crippen molar-refractivity contribution in [3.8, 4) is 0 Å². The Hall–Kier alpha value is -2.70. The van der Waals surface area contributed by atoms with Gasteiger partial charge in [0.15, 0.2) is 0 Å². The first-order valence-corrected chi connectivity index (χ1v) is 9.21. The van der Waals surface area contributed by atoms with Gasteiger partial charge in [-0.05, 0) is 47.9 Å². The Kier molecular flexibility index (Phi) is 3.77. The first kappa shape index (κ1) is 16.5. The van der Waals surface area contributed by atoms with Gasteiger partial charge in [-0.2, -0.15) is 5.10 Å². The molecule has 1 aliphatic carbocycles. The SMILES string of the molecule is CN1C=C2C(=C(C3=C[C@@H](CO)NCC3)C1)NN=C1C=Cc3cc(F)cc2c31. The van der Waals surface area contributed by atoms with Gasteiger partial charge < -0.3 is 15.3 Å². The first-order valence-electron chi connectivity index (χ1n) is 9.21. The van der Waals surface area contributed by atoms with Gasteiger partial charge in [-0.25, -0.2) is 4.39 Å². The van der Waals surface area contributed by atoms with Gasteiger partial charge in [-0.3, -0.25) is 5.43 Å². The monoisotopic (exact) mass is 364 g/mol. The molecule has 4 aliphatic rings. The molecule has 0 fully saturated rings. The van der Waals surface area contributed by atoms with Crippen LogP contribution in [0.4, 0.5) is 4.39 Å². The minimum atomic E-state index is -0.243. The molecule has 5 rings (SSSR count). The lowest BCUT2D eigenvalue weighted by molar-refractivity contribution is 0.261. The zero-order valence-corrected chi connectivity index (χ0v) is 15.1. The lowest BCUT2D eigenvalue weighted by Gasteiger charge is -2.31. The number of nitrogens with one attached hydrogen (secondary N) is 2. The highest BCUT2D eigenvalue weighted by Gasteiger charge is 2.30. The van der Waals surface area contributed by atoms with Crippen LogP contribution in [0.1, 0.15) is 23.1 Å². The van der Waals surface area contributed by atoms with E-state index in [9.17, 15) is 9.50 Å². The van der Waals surface area contributed by atoms with Gasteiger partial charge in [-0.15, -0.1) is 0 Å². The number of allylic oxidation sites excluding steroid dienone is 2. The number of halogens is 1. The fourth-order valence-corrected chi connectivity index (χ4v) is 4.28. The largest absolute Gasteiger partial charge is 0.394 e. The van der Waals surface area contributed by atoms with Gasteiger partial charge in [-0.1, -0.05) is 12.2 Å². The number of hydrazone groups is 1. The van der Waals surface area contributed by atoms with E-state index in [1.165, 1.54) is 5.57 Å². The number of nitrogens with zero attached hydrogens (tertiary/aromatic N) is 2. The molecular weight excluding hydrogens is 343 g/mol. The number of hydrogen-bond acceptors (Lipinski definition) is 5. The molecule has 0 unspecified atom stereocenters. The van der Waals surface area contributed by atoms with Crippen LogP contribution in [0.3, 0.4) is 0 Å². The summed E-state index contributed by atoms with van der Waals surface area (Å²) in [7, 11) is 2.03. The molecule has 0 bridgehead atoms. The summed E-state index contributed by atoms with van der Waals surface area (Å²) in [6.07, 6.45) is 8.88. The number of aliphatic hydroxyl groups is 1. The molecule has 1 aromatic carbocycles. The van der Waals surface area contributed by atoms with Gasteiger partial charge in [0.25, 0.3) is 0 Å². The third-order valence-electron chi connectivity index (χ3n) is 5.50. The van der Waals surface area contributed by atoms with Crippen molar-refractivity contribution >= 4 is 17.4 Å². The van der Waals surface area contributed by atoms with Crippen LogP contribution >= 0.6 is 0 Å². The molecule has 1 aromatic rings. The van der Waals surface area contributed by atoms with Crippen molar-refractivity contribution in [2.24, 2.45) is 5.10 Å². The molecule has 3 aliphatic heterocycles. The van der Waals surface area contributed by atoms with Crippen LogP contribution in [0.2, 0.25) is 0 Å². The van der Waals surface area contributed by atoms with Crippen molar-refractivity contribution in [2.45, 2.75) is 12.5 Å². The van der Waals surface area contributed by atoms with Crippen molar-refractivity contribution in [2.75, 3.05) is 26.7 Å². The van der Waals surface area contributed by atoms with Crippen molar-refractivity contribution in [3.63, 3.8) is 0 Å². The van der Waals surface area contributed by atoms with E-state index in [-0.39, 0.29) is 18.5 Å². The maximum Gasteiger partial charge on any atom is 0.124 e. The number of likely N-dealkylation sites (N-methyl/N-ethyl adjacent to an activating group) is 1. The molecule has 0 amide bonds. The summed E-state index contributed by atoms with van der Waals surface area (Å²) in [5, 5.41) is 17.4. The number of benzene rings is 1. The van der Waals surface area contributed by atoms with E-state index in [2.05, 4.69) is 33.0 Å². The molecule has 0 saturated carbocycles. The molecule has 3 heterocycles. The molecule has 27 heavy (non-hydrogen) atoms. The van der Waals surface area contributed by atoms with Crippen LogP contribution in [0.5, 0.6) is 0 Å². The summed E-state index contributed by atoms with van der Waals surface area (Å²) in [5.74, 6) is -0.243. The summed E-state index contributed by atoms with van der Waals surface area (Å²) in [6.45, 7) is 1.64. The summed E-state index contributed by atoms with van der Waals surface area (Å²) in [4.78, 5) is 2.12. The Labute approximate surface area is 157 Å². The fraction of sp³-hybridized carbons (Fsp3) is 0.286. The van der Waals surface area contributed by atoms with E-state index >= 15 is 0 Å². The highest BCUT2D eigenvalue weighted by molar-refractivity contribution is 6.20. The van der Waals surface area contributed by atoms with Crippen molar-refractivity contribution in [1.82, 2.24) is 15.6 Å². The molecule has 5 nitrogen and oxygen atoms in total. The van der Waals surface area contributed by atoms with Crippen LogP contribution in [0.15, 0.2) is 52.4 Å². The molecule has 0 spiro atoms. The van der Waals surface area contributed by atoms with Crippen LogP contribution in [0, 0.1) is 5.82 Å². The maximum absolute atomic E-state index is 14.3. The highest BCUT2D eigenvalue weighted by atomic mass is 19.1. The average molecular weight is 364 g/mol. The quantitative estimate of drug-likeness (QED) is 0.751. The van der Waals surface area contributed by atoms with E-state index in [1.54, 1.807) is 12.1 Å². The highest BCUT2D eigenvalue weighted by Crippen LogP contribution is 2.39. The standard InChI is InChI=1S/C21H21FN4O/c1-26-9-17(12-4-5-23-15(7-12)11-27)21-18(10-26)16-8-14(22)6-13-2-3-19(20(13)16)24-25-21/h2-3,6-8,10,15,23,25,27H,4-5,9,11H2,1H3/t15-/m0/s1. The molecule has 6 heteroatoms. The normalized spacial score (nSPS) is 23.1. The van der Waals surface area contributed by atoms with Gasteiger partial charge in [0, 0.05) is 42.5 Å². The smallest absolute Gasteiger partial charge is 0.124 e. The van der Waals surface area contributed by atoms with E-state index in [4.69, 9.17) is 0 Å². The van der Waals surface area contributed by atoms with Crippen LogP contribution in [-0.4, -0.2) is 48.5 Å². The topological polar surface area (TPSA) is 59.9 Å². The predicted molar refractivity (Wildman–Crippen MR) is 104 cm³/mol. The minimum absolute atomic E-state index is 0.0375. The van der Waals surface area contributed by atoms with Crippen LogP contribution < -0.4 is 10.7 Å². The lowest BCUT2D eigenvalue weighted by atomic mass is 9.87. The second-order valence-electron chi connectivity index (χ2n) is 7.36. The Morgan fingerprint density at radius 3 is 3.07 bits per heavy atom. The summed E-state index contributed by atoms with van der Waals surface area (Å²) in [6, 6.07) is 3.12. The summed E-state index contributed by atoms with van der Waals surface area (Å²) < 4.78 is 14.3. The van der Waals surface area contributed by atoms with Crippen molar-refractivity contribution in [3.05, 3.63) is 69.8 Å². The predicted octanol–water partition coefficient (Wildman–Crippen LogP) is 1.98. The van der Waals surface area contributed by atoms with E-state index < -0.39 is 0 Å². The molecule has 0 saturated heterocycles. The number of hydrogen-bond donors (Lipinski definition) is 3. The molecule has 3 N–H and O–H groups in total. The van der Waals surface area contributed by atoms with Crippen molar-refractivity contribution in [1.29, 1.82) is 0 Å². The number of fused-ring (bicyclic) bond motifs is 2. The van der Waals surface area contributed by atoms with Crippen LogP contribution in [-0.2, 0) is 0 Å². The Balaban J connectivity index is 1.71. The summed E-state index contributed by atoms with van der Waals surface area (Å²) in [5.41, 5.74) is 11.0. The zero-order valence-electron chi connectivity index (χ0n) is 15.1. The molecule has 0 radical (unpaired) electrons. The summed E-state index contributed by atoms with van der Waals surface area (Å²) >= 11 is 0. The first-order chi connectivity index (χ1) is 13.1. The second kappa shape index (κ2) is 6.18. The molecular formula is C21H21FN4O. The Bertz CT molecular complexity index is 986. The minimum Gasteiger partial charge on any atom is -0.394 e. The average Bonchev–Trinajstić information content (AvgIpc) is 3.01. The van der Waals surface area contributed by atoms with Gasteiger partial charge in [0.1, 0.15) is 5.82 Å².